The van der Waals surface area contributed by atoms with Gasteiger partial charge in [0.05, 0.1) is 0 Å². The predicted octanol–water partition coefficient (Wildman–Crippen LogP) is 2.54. The number of hydrogen-bond acceptors (Lipinski definition) is 5. The largest absolute Gasteiger partial charge is 0.374 e. The monoisotopic (exact) mass is 298 g/mol. The quantitative estimate of drug-likeness (QED) is 0.830. The van der Waals surface area contributed by atoms with E-state index in [-0.39, 0.29) is 16.5 Å². The average Bonchev–Trinajstić information content (AvgIpc) is 2.36. The maximum atomic E-state index is 9.85. The summed E-state index contributed by atoms with van der Waals surface area (Å²) in [6, 6.07) is 9.88. The highest BCUT2D eigenvalue weighted by Gasteiger charge is 2.08. The van der Waals surface area contributed by atoms with Gasteiger partial charge < -0.3 is 10.4 Å². The molecule has 7 heteroatoms. The second-order valence-corrected chi connectivity index (χ2v) is 4.56. The molecule has 1 aromatic heterocycles. The third-order valence-electron chi connectivity index (χ3n) is 2.43. The van der Waals surface area contributed by atoms with Crippen molar-refractivity contribution in [1.82, 2.24) is 15.0 Å². The second kappa shape index (κ2) is 6.65. The van der Waals surface area contributed by atoms with Crippen molar-refractivity contribution in [2.24, 2.45) is 0 Å². The number of aromatic nitrogens is 3. The minimum atomic E-state index is -0.783. The van der Waals surface area contributed by atoms with E-state index >= 15 is 0 Å². The number of nitrogens with one attached hydrogen (secondary N) is 1. The Balaban J connectivity index is 1.89. The minimum Gasteiger partial charge on any atom is -0.374 e. The Bertz CT molecular complexity index is 518. The number of aliphatic hydroxyl groups is 1. The van der Waals surface area contributed by atoms with Gasteiger partial charge in [-0.05, 0) is 41.6 Å². The summed E-state index contributed by atoms with van der Waals surface area (Å²) in [7, 11) is 0. The van der Waals surface area contributed by atoms with Gasteiger partial charge in [-0.1, -0.05) is 30.3 Å². The summed E-state index contributed by atoms with van der Waals surface area (Å²) in [5.74, 6) is 0.158. The van der Waals surface area contributed by atoms with Crippen LogP contribution in [0.1, 0.15) is 12.0 Å². The predicted molar refractivity (Wildman–Crippen MR) is 74.2 cm³/mol. The van der Waals surface area contributed by atoms with Crippen molar-refractivity contribution < 1.29 is 5.11 Å². The Hall–Kier alpha value is -1.43. The van der Waals surface area contributed by atoms with Crippen molar-refractivity contribution in [3.8, 4) is 0 Å². The number of aliphatic hydroxyl groups excluding tert-OH is 1. The van der Waals surface area contributed by atoms with Crippen LogP contribution in [-0.4, -0.2) is 26.3 Å². The summed E-state index contributed by atoms with van der Waals surface area (Å²) in [4.78, 5) is 11.3. The van der Waals surface area contributed by atoms with Gasteiger partial charge in [0, 0.05) is 0 Å². The van der Waals surface area contributed by atoms with E-state index in [4.69, 9.17) is 23.2 Å². The minimum absolute atomic E-state index is 0.0160. The molecule has 2 rings (SSSR count). The molecule has 0 fully saturated rings. The summed E-state index contributed by atoms with van der Waals surface area (Å²) in [5, 5.41) is 12.5. The zero-order valence-corrected chi connectivity index (χ0v) is 11.4. The maximum Gasteiger partial charge on any atom is 0.230 e. The van der Waals surface area contributed by atoms with Gasteiger partial charge in [-0.3, -0.25) is 0 Å². The van der Waals surface area contributed by atoms with E-state index in [0.717, 1.165) is 12.0 Å². The number of hydrogen-bond donors (Lipinski definition) is 2. The molecule has 0 amide bonds. The number of anilines is 1. The first-order valence-electron chi connectivity index (χ1n) is 5.69. The zero-order valence-electron chi connectivity index (χ0n) is 9.92. The van der Waals surface area contributed by atoms with Crippen molar-refractivity contribution in [3.05, 3.63) is 46.5 Å². The van der Waals surface area contributed by atoms with Crippen LogP contribution in [0, 0.1) is 0 Å². The smallest absolute Gasteiger partial charge is 0.230 e. The van der Waals surface area contributed by atoms with E-state index in [1.54, 1.807) is 0 Å². The topological polar surface area (TPSA) is 70.9 Å². The molecule has 2 N–H and O–H groups in total. The summed E-state index contributed by atoms with van der Waals surface area (Å²) < 4.78 is 0. The molecule has 0 aliphatic carbocycles. The van der Waals surface area contributed by atoms with Crippen molar-refractivity contribution in [1.29, 1.82) is 0 Å². The highest BCUT2D eigenvalue weighted by atomic mass is 35.5. The van der Waals surface area contributed by atoms with E-state index < -0.39 is 6.23 Å². The molecule has 0 saturated carbocycles. The van der Waals surface area contributed by atoms with Gasteiger partial charge in [0.1, 0.15) is 6.23 Å². The SMILES string of the molecule is OC(CCc1ccccc1)Nc1nc(Cl)nc(Cl)n1. The Morgan fingerprint density at radius 2 is 1.68 bits per heavy atom. The molecule has 100 valence electrons. The Morgan fingerprint density at radius 3 is 2.32 bits per heavy atom. The van der Waals surface area contributed by atoms with Crippen LogP contribution in [0.4, 0.5) is 5.95 Å². The zero-order chi connectivity index (χ0) is 13.7. The molecule has 0 aliphatic heterocycles. The fraction of sp³-hybridized carbons (Fsp3) is 0.250. The normalized spacial score (nSPS) is 12.2. The number of rotatable bonds is 5. The first-order chi connectivity index (χ1) is 9.13. The van der Waals surface area contributed by atoms with Crippen LogP contribution in [0.15, 0.2) is 30.3 Å². The Kier molecular flexibility index (Phi) is 4.90. The first-order valence-corrected chi connectivity index (χ1v) is 6.44. The molecule has 0 bridgehead atoms. The van der Waals surface area contributed by atoms with Crippen LogP contribution < -0.4 is 5.32 Å². The van der Waals surface area contributed by atoms with Crippen molar-refractivity contribution in [2.75, 3.05) is 5.32 Å². The molecule has 1 unspecified atom stereocenters. The lowest BCUT2D eigenvalue weighted by Crippen LogP contribution is -2.21. The molecule has 0 saturated heterocycles. The van der Waals surface area contributed by atoms with E-state index in [1.165, 1.54) is 0 Å². The highest BCUT2D eigenvalue weighted by Crippen LogP contribution is 2.11. The van der Waals surface area contributed by atoms with Gasteiger partial charge in [-0.25, -0.2) is 0 Å². The lowest BCUT2D eigenvalue weighted by Gasteiger charge is -2.12. The molecule has 1 heterocycles. The van der Waals surface area contributed by atoms with Gasteiger partial charge in [0.25, 0.3) is 0 Å². The fourth-order valence-corrected chi connectivity index (χ4v) is 1.92. The van der Waals surface area contributed by atoms with Crippen molar-refractivity contribution >= 4 is 29.2 Å². The van der Waals surface area contributed by atoms with Gasteiger partial charge in [0.15, 0.2) is 0 Å². The molecule has 5 nitrogen and oxygen atoms in total. The average molecular weight is 299 g/mol. The fourth-order valence-electron chi connectivity index (χ4n) is 1.56. The van der Waals surface area contributed by atoms with E-state index in [0.29, 0.717) is 6.42 Å². The van der Waals surface area contributed by atoms with Crippen LogP contribution in [0.2, 0.25) is 10.6 Å². The van der Waals surface area contributed by atoms with Crippen LogP contribution in [0.3, 0.4) is 0 Å². The van der Waals surface area contributed by atoms with Gasteiger partial charge >= 0.3 is 0 Å². The molecular weight excluding hydrogens is 287 g/mol. The van der Waals surface area contributed by atoms with Gasteiger partial charge in [0.2, 0.25) is 16.5 Å². The molecule has 19 heavy (non-hydrogen) atoms. The second-order valence-electron chi connectivity index (χ2n) is 3.88. The van der Waals surface area contributed by atoms with Crippen LogP contribution in [-0.2, 0) is 6.42 Å². The van der Waals surface area contributed by atoms with Crippen LogP contribution >= 0.6 is 23.2 Å². The molecule has 0 spiro atoms. The summed E-state index contributed by atoms with van der Waals surface area (Å²) in [6.45, 7) is 0. The Morgan fingerprint density at radius 1 is 1.05 bits per heavy atom. The van der Waals surface area contributed by atoms with E-state index in [9.17, 15) is 5.11 Å². The molecule has 0 radical (unpaired) electrons. The van der Waals surface area contributed by atoms with Crippen molar-refractivity contribution in [2.45, 2.75) is 19.1 Å². The molecule has 1 atom stereocenters. The van der Waals surface area contributed by atoms with Gasteiger partial charge in [-0.2, -0.15) is 15.0 Å². The van der Waals surface area contributed by atoms with Gasteiger partial charge in [-0.15, -0.1) is 0 Å². The standard InChI is InChI=1S/C12H12Cl2N4O/c13-10-16-11(14)18-12(17-10)15-9(19)7-6-8-4-2-1-3-5-8/h1-5,9,19H,6-7H2,(H,15,16,17,18). The molecule has 1 aromatic carbocycles. The molecule has 0 aliphatic rings. The molecule has 2 aromatic rings. The lowest BCUT2D eigenvalue weighted by molar-refractivity contribution is 0.192. The van der Waals surface area contributed by atoms with Crippen LogP contribution in [0.25, 0.3) is 0 Å². The van der Waals surface area contributed by atoms with E-state index in [1.807, 2.05) is 30.3 Å². The number of halogens is 2. The summed E-state index contributed by atoms with van der Waals surface area (Å²) in [6.07, 6.45) is 0.474. The first kappa shape index (κ1) is 14.0. The summed E-state index contributed by atoms with van der Waals surface area (Å²) in [5.41, 5.74) is 1.15. The third-order valence-corrected chi connectivity index (χ3v) is 2.76. The number of benzene rings is 1. The van der Waals surface area contributed by atoms with Crippen molar-refractivity contribution in [3.63, 3.8) is 0 Å². The molecular formula is C12H12Cl2N4O. The lowest BCUT2D eigenvalue weighted by atomic mass is 10.1. The maximum absolute atomic E-state index is 9.85. The third kappa shape index (κ3) is 4.63. The highest BCUT2D eigenvalue weighted by molar-refractivity contribution is 6.31. The van der Waals surface area contributed by atoms with E-state index in [2.05, 4.69) is 20.3 Å². The summed E-state index contributed by atoms with van der Waals surface area (Å²) >= 11 is 11.3. The van der Waals surface area contributed by atoms with Crippen LogP contribution in [0.5, 0.6) is 0 Å². The number of nitrogens with zero attached hydrogens (tertiary/aromatic N) is 3. The Labute approximate surface area is 120 Å². The number of aryl methyl sites for hydroxylation is 1.